The number of halogens is 3. The number of furan rings is 2. The van der Waals surface area contributed by atoms with Gasteiger partial charge in [0.15, 0.2) is 0 Å². The third-order valence-electron chi connectivity index (χ3n) is 3.56. The van der Waals surface area contributed by atoms with Gasteiger partial charge in [0.05, 0.1) is 47.9 Å². The van der Waals surface area contributed by atoms with Crippen LogP contribution in [0.4, 0.5) is 5.69 Å². The van der Waals surface area contributed by atoms with Crippen LogP contribution < -0.4 is 5.32 Å². The second kappa shape index (κ2) is 8.64. The average Bonchev–Trinajstić information content (AvgIpc) is 3.24. The number of benzene rings is 1. The number of hydrogen-bond donors (Lipinski definition) is 1. The van der Waals surface area contributed by atoms with Crippen molar-refractivity contribution in [3.8, 4) is 0 Å². The van der Waals surface area contributed by atoms with Gasteiger partial charge in [-0.15, -0.1) is 0 Å². The molecule has 0 spiro atoms. The molecule has 5 nitrogen and oxygen atoms in total. The van der Waals surface area contributed by atoms with E-state index in [1.165, 1.54) is 12.1 Å². The van der Waals surface area contributed by atoms with Gasteiger partial charge >= 0.3 is 0 Å². The smallest absolute Gasteiger partial charge is 0.238 e. The summed E-state index contributed by atoms with van der Waals surface area (Å²) in [5.74, 6) is 1.22. The van der Waals surface area contributed by atoms with Gasteiger partial charge in [0.25, 0.3) is 0 Å². The van der Waals surface area contributed by atoms with E-state index in [1.807, 2.05) is 17.0 Å². The van der Waals surface area contributed by atoms with Gasteiger partial charge in [0.1, 0.15) is 11.5 Å². The van der Waals surface area contributed by atoms with E-state index in [0.29, 0.717) is 23.8 Å². The minimum Gasteiger partial charge on any atom is -0.468 e. The topological polar surface area (TPSA) is 58.6 Å². The summed E-state index contributed by atoms with van der Waals surface area (Å²) in [5.41, 5.74) is 0.332. The van der Waals surface area contributed by atoms with Crippen molar-refractivity contribution in [2.24, 2.45) is 0 Å². The number of anilines is 1. The molecular weight excluding hydrogens is 399 g/mol. The van der Waals surface area contributed by atoms with Crippen LogP contribution in [0.25, 0.3) is 0 Å². The van der Waals surface area contributed by atoms with Crippen LogP contribution in [0.2, 0.25) is 15.1 Å². The number of rotatable bonds is 7. The van der Waals surface area contributed by atoms with Crippen molar-refractivity contribution >= 4 is 46.4 Å². The van der Waals surface area contributed by atoms with E-state index >= 15 is 0 Å². The van der Waals surface area contributed by atoms with E-state index in [-0.39, 0.29) is 22.5 Å². The molecule has 8 heteroatoms. The van der Waals surface area contributed by atoms with Gasteiger partial charge in [0.2, 0.25) is 5.91 Å². The Morgan fingerprint density at radius 2 is 1.50 bits per heavy atom. The lowest BCUT2D eigenvalue weighted by molar-refractivity contribution is -0.117. The van der Waals surface area contributed by atoms with Crippen LogP contribution >= 0.6 is 34.8 Å². The van der Waals surface area contributed by atoms with Crippen molar-refractivity contribution in [3.05, 3.63) is 75.5 Å². The predicted octanol–water partition coefficient (Wildman–Crippen LogP) is 5.47. The summed E-state index contributed by atoms with van der Waals surface area (Å²) in [4.78, 5) is 14.4. The standard InChI is InChI=1S/C18H15Cl3N2O3/c19-12-7-15(20)18(16(21)8-12)22-17(24)11-23(9-13-3-1-5-25-13)10-14-4-2-6-26-14/h1-8H,9-11H2,(H,22,24). The van der Waals surface area contributed by atoms with Crippen LogP contribution in [0.1, 0.15) is 11.5 Å². The fourth-order valence-electron chi connectivity index (χ4n) is 2.46. The van der Waals surface area contributed by atoms with Crippen LogP contribution in [0, 0.1) is 0 Å². The monoisotopic (exact) mass is 412 g/mol. The number of nitrogens with zero attached hydrogens (tertiary/aromatic N) is 1. The summed E-state index contributed by atoms with van der Waals surface area (Å²) >= 11 is 18.1. The van der Waals surface area contributed by atoms with Crippen molar-refractivity contribution in [1.29, 1.82) is 0 Å². The molecule has 2 aromatic heterocycles. The number of nitrogens with one attached hydrogen (secondary N) is 1. The van der Waals surface area contributed by atoms with Gasteiger partial charge < -0.3 is 14.2 Å². The van der Waals surface area contributed by atoms with Gasteiger partial charge in [-0.05, 0) is 36.4 Å². The summed E-state index contributed by atoms with van der Waals surface area (Å²) in [5, 5.41) is 3.68. The van der Waals surface area contributed by atoms with Gasteiger partial charge in [0, 0.05) is 5.02 Å². The van der Waals surface area contributed by atoms with Crippen molar-refractivity contribution in [3.63, 3.8) is 0 Å². The van der Waals surface area contributed by atoms with Crippen LogP contribution in [-0.2, 0) is 17.9 Å². The zero-order valence-corrected chi connectivity index (χ0v) is 15.8. The lowest BCUT2D eigenvalue weighted by Crippen LogP contribution is -2.32. The first-order chi connectivity index (χ1) is 12.5. The summed E-state index contributed by atoms with van der Waals surface area (Å²) in [6.45, 7) is 0.989. The molecular formula is C18H15Cl3N2O3. The molecule has 0 fully saturated rings. The SMILES string of the molecule is O=C(CN(Cc1ccco1)Cc1ccco1)Nc1c(Cl)cc(Cl)cc1Cl. The maximum atomic E-state index is 12.5. The van der Waals surface area contributed by atoms with Crippen molar-refractivity contribution in [2.75, 3.05) is 11.9 Å². The second-order valence-corrected chi connectivity index (χ2v) is 6.85. The summed E-state index contributed by atoms with van der Waals surface area (Å²) < 4.78 is 10.7. The molecule has 136 valence electrons. The van der Waals surface area contributed by atoms with E-state index in [0.717, 1.165) is 11.5 Å². The van der Waals surface area contributed by atoms with Crippen LogP contribution in [0.5, 0.6) is 0 Å². The van der Waals surface area contributed by atoms with E-state index in [4.69, 9.17) is 43.6 Å². The fraction of sp³-hybridized carbons (Fsp3) is 0.167. The van der Waals surface area contributed by atoms with Gasteiger partial charge in [-0.2, -0.15) is 0 Å². The predicted molar refractivity (Wildman–Crippen MR) is 102 cm³/mol. The van der Waals surface area contributed by atoms with Crippen LogP contribution in [-0.4, -0.2) is 17.4 Å². The molecule has 0 saturated carbocycles. The fourth-order valence-corrected chi connectivity index (χ4v) is 3.37. The molecule has 3 aromatic rings. The van der Waals surface area contributed by atoms with Gasteiger partial charge in [-0.3, -0.25) is 9.69 Å². The first-order valence-electron chi connectivity index (χ1n) is 7.73. The summed E-state index contributed by atoms with van der Waals surface area (Å²) in [6.07, 6.45) is 3.18. The molecule has 2 heterocycles. The summed E-state index contributed by atoms with van der Waals surface area (Å²) in [6, 6.07) is 10.3. The Kier molecular flexibility index (Phi) is 6.27. The van der Waals surface area contributed by atoms with E-state index in [2.05, 4.69) is 5.32 Å². The number of hydrogen-bond acceptors (Lipinski definition) is 4. The van der Waals surface area contributed by atoms with E-state index < -0.39 is 0 Å². The highest BCUT2D eigenvalue weighted by Gasteiger charge is 2.17. The first kappa shape index (κ1) is 18.9. The van der Waals surface area contributed by atoms with Crippen molar-refractivity contribution in [1.82, 2.24) is 4.90 Å². The molecule has 0 aliphatic carbocycles. The molecule has 1 aromatic carbocycles. The molecule has 3 rings (SSSR count). The second-order valence-electron chi connectivity index (χ2n) is 5.60. The molecule has 0 radical (unpaired) electrons. The van der Waals surface area contributed by atoms with Gasteiger partial charge in [-0.25, -0.2) is 0 Å². The van der Waals surface area contributed by atoms with Gasteiger partial charge in [-0.1, -0.05) is 34.8 Å². The Hall–Kier alpha value is -1.92. The Balaban J connectivity index is 1.70. The zero-order chi connectivity index (χ0) is 18.5. The maximum absolute atomic E-state index is 12.5. The molecule has 0 aliphatic heterocycles. The van der Waals surface area contributed by atoms with Crippen LogP contribution in [0.15, 0.2) is 57.8 Å². The Morgan fingerprint density at radius 3 is 1.96 bits per heavy atom. The molecule has 0 unspecified atom stereocenters. The molecule has 0 bridgehead atoms. The lowest BCUT2D eigenvalue weighted by Gasteiger charge is -2.20. The average molecular weight is 414 g/mol. The largest absolute Gasteiger partial charge is 0.468 e. The third-order valence-corrected chi connectivity index (χ3v) is 4.37. The molecule has 0 saturated heterocycles. The Labute approximate surface area is 165 Å². The lowest BCUT2D eigenvalue weighted by atomic mass is 10.3. The quantitative estimate of drug-likeness (QED) is 0.557. The summed E-state index contributed by atoms with van der Waals surface area (Å²) in [7, 11) is 0. The van der Waals surface area contributed by atoms with Crippen molar-refractivity contribution < 1.29 is 13.6 Å². The zero-order valence-electron chi connectivity index (χ0n) is 13.5. The molecule has 26 heavy (non-hydrogen) atoms. The third kappa shape index (κ3) is 5.05. The number of carbonyl (C=O) groups is 1. The minimum atomic E-state index is -0.269. The highest BCUT2D eigenvalue weighted by molar-refractivity contribution is 6.42. The Morgan fingerprint density at radius 1 is 0.962 bits per heavy atom. The number of amides is 1. The molecule has 1 N–H and O–H groups in total. The van der Waals surface area contributed by atoms with E-state index in [1.54, 1.807) is 24.7 Å². The molecule has 0 atom stereocenters. The van der Waals surface area contributed by atoms with E-state index in [9.17, 15) is 4.79 Å². The highest BCUT2D eigenvalue weighted by atomic mass is 35.5. The molecule has 0 aliphatic rings. The maximum Gasteiger partial charge on any atom is 0.238 e. The highest BCUT2D eigenvalue weighted by Crippen LogP contribution is 2.33. The minimum absolute atomic E-state index is 0.0939. The Bertz CT molecular complexity index is 805. The first-order valence-corrected chi connectivity index (χ1v) is 8.86. The number of carbonyl (C=O) groups excluding carboxylic acids is 1. The van der Waals surface area contributed by atoms with Crippen molar-refractivity contribution in [2.45, 2.75) is 13.1 Å². The van der Waals surface area contributed by atoms with Crippen LogP contribution in [0.3, 0.4) is 0 Å². The molecule has 1 amide bonds. The normalized spacial score (nSPS) is 11.1.